The highest BCUT2D eigenvalue weighted by Crippen LogP contribution is 2.60. The number of hydrogen-bond acceptors (Lipinski definition) is 4. The summed E-state index contributed by atoms with van der Waals surface area (Å²) in [6.45, 7) is 3.59. The van der Waals surface area contributed by atoms with Crippen molar-refractivity contribution >= 4 is 45.0 Å². The van der Waals surface area contributed by atoms with Crippen LogP contribution in [0.5, 0.6) is 0 Å². The minimum absolute atomic E-state index is 0.0619. The van der Waals surface area contributed by atoms with Crippen LogP contribution in [0.3, 0.4) is 0 Å². The zero-order valence-corrected chi connectivity index (χ0v) is 20.4. The van der Waals surface area contributed by atoms with Gasteiger partial charge in [0.25, 0.3) is 0 Å². The highest BCUT2D eigenvalue weighted by Gasteiger charge is 2.71. The Hall–Kier alpha value is -3.31. The lowest BCUT2D eigenvalue weighted by Crippen LogP contribution is -2.48. The summed E-state index contributed by atoms with van der Waals surface area (Å²) in [7, 11) is 0. The van der Waals surface area contributed by atoms with Gasteiger partial charge in [0.05, 0.1) is 12.1 Å². The van der Waals surface area contributed by atoms with Crippen molar-refractivity contribution in [1.82, 2.24) is 0 Å². The van der Waals surface area contributed by atoms with Gasteiger partial charge < -0.3 is 4.90 Å². The number of rotatable bonds is 2. The van der Waals surface area contributed by atoms with Gasteiger partial charge in [0, 0.05) is 27.2 Å². The Morgan fingerprint density at radius 2 is 1.59 bits per heavy atom. The monoisotopic (exact) mass is 511 g/mol. The average Bonchev–Trinajstić information content (AvgIpc) is 3.26. The molecule has 1 fully saturated rings. The summed E-state index contributed by atoms with van der Waals surface area (Å²) < 4.78 is 0.897. The minimum Gasteiger partial charge on any atom is -0.352 e. The first-order valence-electron chi connectivity index (χ1n) is 11.4. The maximum atomic E-state index is 14.3. The van der Waals surface area contributed by atoms with E-state index in [1.165, 1.54) is 0 Å². The molecule has 1 aliphatic carbocycles. The number of fused-ring (bicyclic) bond motifs is 5. The molecule has 3 atom stereocenters. The molecule has 1 unspecified atom stereocenters. The molecule has 0 aromatic heterocycles. The van der Waals surface area contributed by atoms with Crippen molar-refractivity contribution < 1.29 is 14.4 Å². The molecule has 0 saturated carbocycles. The molecule has 3 aromatic rings. The van der Waals surface area contributed by atoms with Crippen molar-refractivity contribution in [3.8, 4) is 0 Å². The van der Waals surface area contributed by atoms with Crippen LogP contribution in [-0.4, -0.2) is 29.4 Å². The summed E-state index contributed by atoms with van der Waals surface area (Å²) in [4.78, 5) is 43.9. The molecular weight excluding hydrogens is 490 g/mol. The number of Topliss-reactive ketones (excluding diaryl/α,β-unsaturated/α-hetero) is 3. The Morgan fingerprint density at radius 1 is 0.941 bits per heavy atom. The number of halogens is 1. The fourth-order valence-electron chi connectivity index (χ4n) is 6.29. The molecule has 2 aliphatic heterocycles. The highest BCUT2D eigenvalue weighted by molar-refractivity contribution is 9.10. The zero-order chi connectivity index (χ0) is 23.8. The number of anilines is 1. The van der Waals surface area contributed by atoms with Crippen LogP contribution in [-0.2, 0) is 4.79 Å². The number of nitrogens with zero attached hydrogens (tertiary/aromatic N) is 1. The van der Waals surface area contributed by atoms with Crippen molar-refractivity contribution in [2.24, 2.45) is 5.41 Å². The van der Waals surface area contributed by atoms with Crippen LogP contribution in [0.2, 0.25) is 0 Å². The van der Waals surface area contributed by atoms with E-state index in [4.69, 9.17) is 0 Å². The van der Waals surface area contributed by atoms with E-state index in [0.717, 1.165) is 26.9 Å². The summed E-state index contributed by atoms with van der Waals surface area (Å²) in [6, 6.07) is 19.6. The Kier molecular flexibility index (Phi) is 4.59. The predicted molar refractivity (Wildman–Crippen MR) is 135 cm³/mol. The van der Waals surface area contributed by atoms with Gasteiger partial charge in [0.15, 0.2) is 17.3 Å². The molecule has 6 rings (SSSR count). The molecule has 0 amide bonds. The zero-order valence-electron chi connectivity index (χ0n) is 18.8. The molecule has 4 nitrogen and oxygen atoms in total. The van der Waals surface area contributed by atoms with Gasteiger partial charge in [-0.2, -0.15) is 0 Å². The number of hydrogen-bond donors (Lipinski definition) is 0. The Bertz CT molecular complexity index is 1390. The Labute approximate surface area is 206 Å². The van der Waals surface area contributed by atoms with E-state index in [9.17, 15) is 14.4 Å². The Balaban J connectivity index is 1.68. The molecular formula is C29H22BrNO3. The van der Waals surface area contributed by atoms with Gasteiger partial charge in [-0.05, 0) is 49.2 Å². The molecule has 0 bridgehead atoms. The molecule has 168 valence electrons. The molecule has 5 heteroatoms. The van der Waals surface area contributed by atoms with Crippen LogP contribution in [0.15, 0.2) is 77.3 Å². The van der Waals surface area contributed by atoms with Crippen LogP contribution in [0, 0.1) is 12.3 Å². The van der Waals surface area contributed by atoms with Crippen molar-refractivity contribution in [1.29, 1.82) is 0 Å². The van der Waals surface area contributed by atoms with Crippen LogP contribution in [0.1, 0.15) is 50.2 Å². The Morgan fingerprint density at radius 3 is 2.21 bits per heavy atom. The molecule has 0 radical (unpaired) electrons. The van der Waals surface area contributed by atoms with E-state index in [1.807, 2.05) is 60.4 Å². The molecule has 2 heterocycles. The fraction of sp³-hybridized carbons (Fsp3) is 0.207. The van der Waals surface area contributed by atoms with Crippen molar-refractivity contribution in [2.75, 3.05) is 4.90 Å². The topological polar surface area (TPSA) is 54.5 Å². The van der Waals surface area contributed by atoms with Gasteiger partial charge in [-0.15, -0.1) is 0 Å². The molecule has 1 saturated heterocycles. The first kappa shape index (κ1) is 21.2. The van der Waals surface area contributed by atoms with Gasteiger partial charge >= 0.3 is 0 Å². The first-order chi connectivity index (χ1) is 16.4. The van der Waals surface area contributed by atoms with E-state index in [0.29, 0.717) is 11.1 Å². The third kappa shape index (κ3) is 2.62. The first-order valence-corrected chi connectivity index (χ1v) is 12.2. The summed E-state index contributed by atoms with van der Waals surface area (Å²) in [5.74, 6) is -1.07. The number of aryl methyl sites for hydroxylation is 1. The van der Waals surface area contributed by atoms with Crippen LogP contribution < -0.4 is 4.90 Å². The summed E-state index contributed by atoms with van der Waals surface area (Å²) in [5.41, 5.74) is 3.28. The number of ketones is 3. The largest absolute Gasteiger partial charge is 0.352 e. The number of carbonyl (C=O) groups excluding carboxylic acids is 3. The predicted octanol–water partition coefficient (Wildman–Crippen LogP) is 5.78. The van der Waals surface area contributed by atoms with Crippen molar-refractivity contribution in [3.05, 3.63) is 105 Å². The van der Waals surface area contributed by atoms with Gasteiger partial charge in [0.1, 0.15) is 5.41 Å². The third-order valence-electron chi connectivity index (χ3n) is 7.60. The van der Waals surface area contributed by atoms with Gasteiger partial charge in [-0.25, -0.2) is 0 Å². The molecule has 34 heavy (non-hydrogen) atoms. The van der Waals surface area contributed by atoms with Crippen LogP contribution in [0.4, 0.5) is 5.69 Å². The van der Waals surface area contributed by atoms with Crippen molar-refractivity contribution in [3.63, 3.8) is 0 Å². The third-order valence-corrected chi connectivity index (χ3v) is 8.13. The number of carbonyl (C=O) groups is 3. The van der Waals surface area contributed by atoms with Crippen LogP contribution in [0.25, 0.3) is 6.08 Å². The van der Waals surface area contributed by atoms with Gasteiger partial charge in [-0.3, -0.25) is 14.4 Å². The SMILES string of the molecule is CC(=O)[C@@H]1[C@@H](c2ccc(Br)cc2)C2(C(=O)c3ccccc3C2=O)C2C=Cc3cc(C)ccc3N21. The van der Waals surface area contributed by atoms with Gasteiger partial charge in [-0.1, -0.05) is 76.1 Å². The second-order valence-electron chi connectivity index (χ2n) is 9.43. The summed E-state index contributed by atoms with van der Waals surface area (Å²) in [6.07, 6.45) is 3.95. The normalized spacial score (nSPS) is 23.7. The fourth-order valence-corrected chi connectivity index (χ4v) is 6.56. The molecule has 3 aromatic carbocycles. The molecule has 1 spiro atoms. The lowest BCUT2D eigenvalue weighted by atomic mass is 9.64. The van der Waals surface area contributed by atoms with E-state index in [1.54, 1.807) is 31.2 Å². The lowest BCUT2D eigenvalue weighted by Gasteiger charge is -2.37. The van der Waals surface area contributed by atoms with E-state index < -0.39 is 23.4 Å². The summed E-state index contributed by atoms with van der Waals surface area (Å²) >= 11 is 3.49. The standard InChI is InChI=1S/C29H22BrNO3/c1-16-7-13-23-19(15-16)10-14-24-29(27(33)21-5-3-4-6-22(21)28(29)34)25(26(17(2)32)31(23)24)18-8-11-20(30)12-9-18/h3-15,24-26H,1-2H3/t24?,25-,26-/m1/s1. The molecule has 0 N–H and O–H groups in total. The van der Waals surface area contributed by atoms with E-state index in [-0.39, 0.29) is 17.3 Å². The highest BCUT2D eigenvalue weighted by atomic mass is 79.9. The maximum Gasteiger partial charge on any atom is 0.180 e. The second-order valence-corrected chi connectivity index (χ2v) is 10.3. The number of benzene rings is 3. The van der Waals surface area contributed by atoms with Crippen LogP contribution >= 0.6 is 15.9 Å². The average molecular weight is 512 g/mol. The minimum atomic E-state index is -1.41. The quantitative estimate of drug-likeness (QED) is 0.409. The smallest absolute Gasteiger partial charge is 0.180 e. The van der Waals surface area contributed by atoms with E-state index >= 15 is 0 Å². The lowest BCUT2D eigenvalue weighted by molar-refractivity contribution is -0.118. The maximum absolute atomic E-state index is 14.3. The second kappa shape index (κ2) is 7.34. The van der Waals surface area contributed by atoms with E-state index in [2.05, 4.69) is 22.0 Å². The summed E-state index contributed by atoms with van der Waals surface area (Å²) in [5, 5.41) is 0. The molecule has 3 aliphatic rings. The van der Waals surface area contributed by atoms with Crippen molar-refractivity contribution in [2.45, 2.75) is 31.8 Å². The van der Waals surface area contributed by atoms with Gasteiger partial charge in [0.2, 0.25) is 0 Å².